The Morgan fingerprint density at radius 3 is 2.08 bits per heavy atom. The van der Waals surface area contributed by atoms with Crippen molar-refractivity contribution < 1.29 is 9.53 Å². The molecule has 0 saturated carbocycles. The fraction of sp³-hybridized carbons (Fsp3) is 0.889. The van der Waals surface area contributed by atoms with Gasteiger partial charge < -0.3 is 9.64 Å². The molecule has 0 aromatic rings. The van der Waals surface area contributed by atoms with E-state index in [-0.39, 0.29) is 19.1 Å². The van der Waals surface area contributed by atoms with Crippen LogP contribution >= 0.6 is 0 Å². The van der Waals surface area contributed by atoms with Crippen molar-refractivity contribution in [3.05, 3.63) is 0 Å². The van der Waals surface area contributed by atoms with Crippen molar-refractivity contribution in [3.8, 4) is 0 Å². The molecule has 12 heavy (non-hydrogen) atoms. The van der Waals surface area contributed by atoms with Crippen LogP contribution in [0.1, 0.15) is 35.1 Å². The molecule has 0 N–H and O–H groups in total. The molecule has 0 atom stereocenters. The summed E-state index contributed by atoms with van der Waals surface area (Å²) in [4.78, 5) is 12.6. The average molecular weight is 175 g/mol. The predicted octanol–water partition coefficient (Wildman–Crippen LogP) is 2.51. The molecule has 0 aliphatic rings. The van der Waals surface area contributed by atoms with E-state index in [1.807, 2.05) is 27.7 Å². The SMILES string of the molecule is C.CCN(C)C(=O)OC(C)(C)C. The van der Waals surface area contributed by atoms with E-state index in [1.54, 1.807) is 7.05 Å². The Kier molecular flexibility index (Phi) is 5.78. The molecule has 0 fully saturated rings. The zero-order chi connectivity index (χ0) is 9.07. The Hall–Kier alpha value is -0.730. The van der Waals surface area contributed by atoms with Crippen molar-refractivity contribution in [2.24, 2.45) is 0 Å². The van der Waals surface area contributed by atoms with Crippen molar-refractivity contribution in [2.45, 2.75) is 40.7 Å². The zero-order valence-corrected chi connectivity index (χ0v) is 7.97. The van der Waals surface area contributed by atoms with E-state index >= 15 is 0 Å². The summed E-state index contributed by atoms with van der Waals surface area (Å²) in [6.07, 6.45) is -0.264. The van der Waals surface area contributed by atoms with Gasteiger partial charge in [0.15, 0.2) is 0 Å². The Bertz CT molecular complexity index is 138. The Labute approximate surface area is 75.7 Å². The monoisotopic (exact) mass is 175 g/mol. The van der Waals surface area contributed by atoms with Crippen molar-refractivity contribution >= 4 is 6.09 Å². The molecular formula is C9H21NO2. The summed E-state index contributed by atoms with van der Waals surface area (Å²) in [5.74, 6) is 0. The van der Waals surface area contributed by atoms with Gasteiger partial charge in [0.05, 0.1) is 0 Å². The van der Waals surface area contributed by atoms with Gasteiger partial charge in [-0.25, -0.2) is 4.79 Å². The van der Waals surface area contributed by atoms with Gasteiger partial charge in [0.1, 0.15) is 5.60 Å². The van der Waals surface area contributed by atoms with Crippen molar-refractivity contribution in [1.29, 1.82) is 0 Å². The van der Waals surface area contributed by atoms with Crippen LogP contribution in [0.2, 0.25) is 0 Å². The minimum Gasteiger partial charge on any atom is -0.444 e. The van der Waals surface area contributed by atoms with Crippen LogP contribution in [0.5, 0.6) is 0 Å². The van der Waals surface area contributed by atoms with Crippen molar-refractivity contribution in [2.75, 3.05) is 13.6 Å². The van der Waals surface area contributed by atoms with E-state index in [0.717, 1.165) is 0 Å². The molecule has 0 bridgehead atoms. The molecule has 0 aromatic heterocycles. The summed E-state index contributed by atoms with van der Waals surface area (Å²) in [6.45, 7) is 8.15. The van der Waals surface area contributed by atoms with E-state index in [2.05, 4.69) is 0 Å². The average Bonchev–Trinajstić information content (AvgIpc) is 1.82. The molecule has 0 rings (SSSR count). The molecule has 0 spiro atoms. The second-order valence-electron chi connectivity index (χ2n) is 3.49. The van der Waals surface area contributed by atoms with E-state index in [4.69, 9.17) is 4.74 Å². The lowest BCUT2D eigenvalue weighted by molar-refractivity contribution is 0.0308. The highest BCUT2D eigenvalue weighted by Crippen LogP contribution is 2.08. The van der Waals surface area contributed by atoms with Gasteiger partial charge in [0.2, 0.25) is 0 Å². The number of hydrogen-bond donors (Lipinski definition) is 0. The summed E-state index contributed by atoms with van der Waals surface area (Å²) in [5.41, 5.74) is -0.388. The first kappa shape index (κ1) is 13.8. The molecule has 0 unspecified atom stereocenters. The Morgan fingerprint density at radius 1 is 1.42 bits per heavy atom. The minimum atomic E-state index is -0.388. The van der Waals surface area contributed by atoms with Crippen LogP contribution in [0.25, 0.3) is 0 Å². The van der Waals surface area contributed by atoms with Gasteiger partial charge >= 0.3 is 6.09 Å². The van der Waals surface area contributed by atoms with Crippen molar-refractivity contribution in [3.63, 3.8) is 0 Å². The van der Waals surface area contributed by atoms with Gasteiger partial charge in [-0.2, -0.15) is 0 Å². The minimum absolute atomic E-state index is 0. The number of nitrogens with zero attached hydrogens (tertiary/aromatic N) is 1. The molecule has 74 valence electrons. The number of rotatable bonds is 1. The van der Waals surface area contributed by atoms with E-state index in [1.165, 1.54) is 4.90 Å². The molecule has 1 amide bonds. The first-order valence-corrected chi connectivity index (χ1v) is 3.81. The standard InChI is InChI=1S/C8H17NO2.CH4/c1-6-9(5)7(10)11-8(2,3)4;/h6H2,1-5H3;1H4. The molecule has 0 aromatic carbocycles. The molecule has 0 heterocycles. The van der Waals surface area contributed by atoms with Crippen LogP contribution in [-0.4, -0.2) is 30.2 Å². The van der Waals surface area contributed by atoms with Crippen LogP contribution in [0, 0.1) is 0 Å². The van der Waals surface area contributed by atoms with Gasteiger partial charge in [-0.3, -0.25) is 0 Å². The van der Waals surface area contributed by atoms with Gasteiger partial charge in [-0.15, -0.1) is 0 Å². The van der Waals surface area contributed by atoms with E-state index < -0.39 is 0 Å². The quantitative estimate of drug-likeness (QED) is 0.613. The Balaban J connectivity index is 0. The lowest BCUT2D eigenvalue weighted by atomic mass is 10.2. The predicted molar refractivity (Wildman–Crippen MR) is 51.3 cm³/mol. The number of carbonyl (C=O) groups excluding carboxylic acids is 1. The van der Waals surface area contributed by atoms with Crippen LogP contribution in [-0.2, 0) is 4.74 Å². The van der Waals surface area contributed by atoms with Gasteiger partial charge in [0.25, 0.3) is 0 Å². The third-order valence-corrected chi connectivity index (χ3v) is 1.18. The summed E-state index contributed by atoms with van der Waals surface area (Å²) in [6, 6.07) is 0. The second-order valence-corrected chi connectivity index (χ2v) is 3.49. The van der Waals surface area contributed by atoms with Crippen LogP contribution in [0.3, 0.4) is 0 Å². The molecule has 0 aliphatic heterocycles. The van der Waals surface area contributed by atoms with Crippen molar-refractivity contribution in [1.82, 2.24) is 4.90 Å². The molecular weight excluding hydrogens is 154 g/mol. The van der Waals surface area contributed by atoms with Crippen LogP contribution < -0.4 is 0 Å². The highest BCUT2D eigenvalue weighted by Gasteiger charge is 2.17. The molecule has 3 heteroatoms. The summed E-state index contributed by atoms with van der Waals surface area (Å²) in [5, 5.41) is 0. The maximum atomic E-state index is 11.1. The summed E-state index contributed by atoms with van der Waals surface area (Å²) >= 11 is 0. The topological polar surface area (TPSA) is 29.5 Å². The molecule has 0 aliphatic carbocycles. The first-order valence-electron chi connectivity index (χ1n) is 3.81. The van der Waals surface area contributed by atoms with E-state index in [0.29, 0.717) is 6.54 Å². The largest absolute Gasteiger partial charge is 0.444 e. The maximum absolute atomic E-state index is 11.1. The highest BCUT2D eigenvalue weighted by atomic mass is 16.6. The fourth-order valence-corrected chi connectivity index (χ4v) is 0.469. The summed E-state index contributed by atoms with van der Waals surface area (Å²) < 4.78 is 5.08. The molecule has 0 radical (unpaired) electrons. The third-order valence-electron chi connectivity index (χ3n) is 1.18. The van der Waals surface area contributed by atoms with E-state index in [9.17, 15) is 4.79 Å². The summed E-state index contributed by atoms with van der Waals surface area (Å²) in [7, 11) is 1.72. The lowest BCUT2D eigenvalue weighted by Gasteiger charge is -2.23. The molecule has 3 nitrogen and oxygen atoms in total. The molecule has 0 saturated heterocycles. The third kappa shape index (κ3) is 6.01. The highest BCUT2D eigenvalue weighted by molar-refractivity contribution is 5.67. The number of amides is 1. The van der Waals surface area contributed by atoms with Crippen LogP contribution in [0.4, 0.5) is 4.79 Å². The zero-order valence-electron chi connectivity index (χ0n) is 7.97. The van der Waals surface area contributed by atoms with Gasteiger partial charge in [0, 0.05) is 13.6 Å². The Morgan fingerprint density at radius 2 is 1.83 bits per heavy atom. The fourth-order valence-electron chi connectivity index (χ4n) is 0.469. The number of ether oxygens (including phenoxy) is 1. The van der Waals surface area contributed by atoms with Gasteiger partial charge in [-0.1, -0.05) is 7.43 Å². The number of hydrogen-bond acceptors (Lipinski definition) is 2. The number of carbonyl (C=O) groups is 1. The lowest BCUT2D eigenvalue weighted by Crippen LogP contribution is -2.33. The normalized spacial score (nSPS) is 10.1. The van der Waals surface area contributed by atoms with Gasteiger partial charge in [-0.05, 0) is 27.7 Å². The second kappa shape index (κ2) is 5.01. The smallest absolute Gasteiger partial charge is 0.410 e. The maximum Gasteiger partial charge on any atom is 0.410 e. The van der Waals surface area contributed by atoms with Crippen LogP contribution in [0.15, 0.2) is 0 Å². The first-order chi connectivity index (χ1) is 4.87.